The number of fused-ring (bicyclic) bond motifs is 1. The van der Waals surface area contributed by atoms with E-state index in [2.05, 4.69) is 41.5 Å². The molecule has 0 saturated carbocycles. The molecule has 1 aliphatic heterocycles. The second-order valence-electron chi connectivity index (χ2n) is 4.85. The molecule has 1 aromatic rings. The molecule has 0 bridgehead atoms. The van der Waals surface area contributed by atoms with E-state index >= 15 is 0 Å². The quantitative estimate of drug-likeness (QED) is 0.860. The van der Waals surface area contributed by atoms with E-state index < -0.39 is 0 Å². The van der Waals surface area contributed by atoms with Gasteiger partial charge in [0.15, 0.2) is 0 Å². The molecule has 1 aliphatic rings. The van der Waals surface area contributed by atoms with E-state index in [-0.39, 0.29) is 5.92 Å². The minimum atomic E-state index is 0.0877. The molecule has 0 spiro atoms. The summed E-state index contributed by atoms with van der Waals surface area (Å²) in [6.45, 7) is 4.73. The molecule has 0 radical (unpaired) electrons. The molecule has 3 heteroatoms. The van der Waals surface area contributed by atoms with E-state index in [4.69, 9.17) is 5.26 Å². The van der Waals surface area contributed by atoms with Crippen LogP contribution in [0, 0.1) is 17.2 Å². The first-order valence-corrected chi connectivity index (χ1v) is 6.13. The summed E-state index contributed by atoms with van der Waals surface area (Å²) in [5.41, 5.74) is 4.07. The van der Waals surface area contributed by atoms with E-state index in [9.17, 15) is 0 Å². The molecule has 1 N–H and O–H groups in total. The van der Waals surface area contributed by atoms with Crippen LogP contribution in [0.1, 0.15) is 18.1 Å². The fourth-order valence-electron chi connectivity index (χ4n) is 2.41. The third-order valence-corrected chi connectivity index (χ3v) is 3.18. The van der Waals surface area contributed by atoms with Gasteiger partial charge in [-0.1, -0.05) is 18.2 Å². The Morgan fingerprint density at radius 2 is 2.35 bits per heavy atom. The average molecular weight is 229 g/mol. The van der Waals surface area contributed by atoms with Crippen LogP contribution in [0.3, 0.4) is 0 Å². The van der Waals surface area contributed by atoms with Crippen LogP contribution in [-0.2, 0) is 13.0 Å². The number of nitriles is 1. The van der Waals surface area contributed by atoms with Crippen molar-refractivity contribution in [3.8, 4) is 6.07 Å². The van der Waals surface area contributed by atoms with E-state index in [1.54, 1.807) is 0 Å². The third-order valence-electron chi connectivity index (χ3n) is 3.18. The minimum absolute atomic E-state index is 0.0877. The van der Waals surface area contributed by atoms with E-state index in [0.717, 1.165) is 26.1 Å². The van der Waals surface area contributed by atoms with Crippen molar-refractivity contribution in [3.63, 3.8) is 0 Å². The molecule has 2 rings (SSSR count). The summed E-state index contributed by atoms with van der Waals surface area (Å²) in [5.74, 6) is 0.0877. The lowest BCUT2D eigenvalue weighted by Crippen LogP contribution is -2.23. The Balaban J connectivity index is 2.04. The van der Waals surface area contributed by atoms with Gasteiger partial charge in [0.1, 0.15) is 0 Å². The van der Waals surface area contributed by atoms with Gasteiger partial charge in [0.2, 0.25) is 0 Å². The van der Waals surface area contributed by atoms with Crippen LogP contribution in [0.4, 0.5) is 5.69 Å². The number of hydrogen-bond acceptors (Lipinski definition) is 3. The standard InChI is InChI=1S/C14H19N3/c1-11(8-15)9-17(2)10-13-5-3-4-12-6-7-16-14(12)13/h3-5,11,16H,6-7,9-10H2,1-2H3. The van der Waals surface area contributed by atoms with Crippen molar-refractivity contribution < 1.29 is 0 Å². The maximum absolute atomic E-state index is 8.82. The molecule has 1 unspecified atom stereocenters. The largest absolute Gasteiger partial charge is 0.384 e. The predicted octanol–water partition coefficient (Wildman–Crippen LogP) is 2.25. The maximum atomic E-state index is 8.82. The molecule has 90 valence electrons. The van der Waals surface area contributed by atoms with E-state index in [0.29, 0.717) is 0 Å². The van der Waals surface area contributed by atoms with Crippen LogP contribution in [0.5, 0.6) is 0 Å². The Bertz CT molecular complexity index is 434. The molecule has 3 nitrogen and oxygen atoms in total. The summed E-state index contributed by atoms with van der Waals surface area (Å²) in [6, 6.07) is 8.77. The molecule has 0 aliphatic carbocycles. The first-order chi connectivity index (χ1) is 8.20. The van der Waals surface area contributed by atoms with Gasteiger partial charge in [-0.15, -0.1) is 0 Å². The molecule has 0 fully saturated rings. The monoisotopic (exact) mass is 229 g/mol. The lowest BCUT2D eigenvalue weighted by atomic mass is 10.1. The molecular weight excluding hydrogens is 210 g/mol. The van der Waals surface area contributed by atoms with Gasteiger partial charge < -0.3 is 10.2 Å². The number of anilines is 1. The molecule has 0 saturated heterocycles. The first kappa shape index (κ1) is 11.9. The van der Waals surface area contributed by atoms with Crippen LogP contribution in [-0.4, -0.2) is 25.0 Å². The van der Waals surface area contributed by atoms with E-state index in [1.165, 1.54) is 16.8 Å². The predicted molar refractivity (Wildman–Crippen MR) is 69.7 cm³/mol. The number of para-hydroxylation sites is 1. The molecule has 0 aromatic heterocycles. The van der Waals surface area contributed by atoms with Crippen LogP contribution >= 0.6 is 0 Å². The number of benzene rings is 1. The summed E-state index contributed by atoms with van der Waals surface area (Å²) in [7, 11) is 2.07. The van der Waals surface area contributed by atoms with Gasteiger partial charge in [0, 0.05) is 25.3 Å². The average Bonchev–Trinajstić information content (AvgIpc) is 2.78. The van der Waals surface area contributed by atoms with Crippen molar-refractivity contribution in [2.75, 3.05) is 25.5 Å². The smallest absolute Gasteiger partial charge is 0.0666 e. The van der Waals surface area contributed by atoms with Gasteiger partial charge in [-0.25, -0.2) is 0 Å². The fourth-order valence-corrected chi connectivity index (χ4v) is 2.41. The molecule has 0 amide bonds. The van der Waals surface area contributed by atoms with Gasteiger partial charge in [0.05, 0.1) is 12.0 Å². The molecular formula is C14H19N3. The van der Waals surface area contributed by atoms with Crippen molar-refractivity contribution in [1.29, 1.82) is 5.26 Å². The minimum Gasteiger partial charge on any atom is -0.384 e. The summed E-state index contributed by atoms with van der Waals surface area (Å²) >= 11 is 0. The van der Waals surface area contributed by atoms with Crippen molar-refractivity contribution in [2.24, 2.45) is 5.92 Å². The van der Waals surface area contributed by atoms with Gasteiger partial charge >= 0.3 is 0 Å². The third kappa shape index (κ3) is 2.78. The van der Waals surface area contributed by atoms with Crippen molar-refractivity contribution in [1.82, 2.24) is 4.90 Å². The molecule has 17 heavy (non-hydrogen) atoms. The number of hydrogen-bond donors (Lipinski definition) is 1. The topological polar surface area (TPSA) is 39.1 Å². The lowest BCUT2D eigenvalue weighted by molar-refractivity contribution is 0.303. The van der Waals surface area contributed by atoms with Gasteiger partial charge in [-0.3, -0.25) is 0 Å². The lowest BCUT2D eigenvalue weighted by Gasteiger charge is -2.19. The fraction of sp³-hybridized carbons (Fsp3) is 0.500. The Labute approximate surface area is 103 Å². The summed E-state index contributed by atoms with van der Waals surface area (Å²) < 4.78 is 0. The Hall–Kier alpha value is -1.53. The van der Waals surface area contributed by atoms with Crippen molar-refractivity contribution in [2.45, 2.75) is 19.9 Å². The SMILES string of the molecule is CC(C#N)CN(C)Cc1cccc2c1NCC2. The summed E-state index contributed by atoms with van der Waals surface area (Å²) in [4.78, 5) is 2.21. The highest BCUT2D eigenvalue weighted by Gasteiger charge is 2.15. The number of nitrogens with zero attached hydrogens (tertiary/aromatic N) is 2. The highest BCUT2D eigenvalue weighted by Crippen LogP contribution is 2.27. The zero-order chi connectivity index (χ0) is 12.3. The van der Waals surface area contributed by atoms with Crippen LogP contribution in [0.2, 0.25) is 0 Å². The summed E-state index contributed by atoms with van der Waals surface area (Å²) in [6.07, 6.45) is 1.13. The second kappa shape index (κ2) is 5.20. The Kier molecular flexibility index (Phi) is 3.65. The van der Waals surface area contributed by atoms with Gasteiger partial charge in [-0.2, -0.15) is 5.26 Å². The molecule has 1 heterocycles. The highest BCUT2D eigenvalue weighted by molar-refractivity contribution is 5.61. The zero-order valence-electron chi connectivity index (χ0n) is 10.5. The zero-order valence-corrected chi connectivity index (χ0v) is 10.5. The summed E-state index contributed by atoms with van der Waals surface area (Å²) in [5, 5.41) is 12.3. The molecule has 1 aromatic carbocycles. The molecule has 1 atom stereocenters. The van der Waals surface area contributed by atoms with Crippen LogP contribution < -0.4 is 5.32 Å². The van der Waals surface area contributed by atoms with E-state index in [1.807, 2.05) is 6.92 Å². The maximum Gasteiger partial charge on any atom is 0.0666 e. The first-order valence-electron chi connectivity index (χ1n) is 6.13. The number of rotatable bonds is 4. The Morgan fingerprint density at radius 3 is 3.12 bits per heavy atom. The number of nitrogens with one attached hydrogen (secondary N) is 1. The Morgan fingerprint density at radius 1 is 1.53 bits per heavy atom. The normalized spacial score (nSPS) is 15.2. The van der Waals surface area contributed by atoms with Crippen LogP contribution in [0.25, 0.3) is 0 Å². The second-order valence-corrected chi connectivity index (χ2v) is 4.85. The van der Waals surface area contributed by atoms with Crippen LogP contribution in [0.15, 0.2) is 18.2 Å². The van der Waals surface area contributed by atoms with Gasteiger partial charge in [-0.05, 0) is 31.5 Å². The van der Waals surface area contributed by atoms with Crippen molar-refractivity contribution in [3.05, 3.63) is 29.3 Å². The van der Waals surface area contributed by atoms with Crippen molar-refractivity contribution >= 4 is 5.69 Å². The highest BCUT2D eigenvalue weighted by atomic mass is 15.1. The van der Waals surface area contributed by atoms with Gasteiger partial charge in [0.25, 0.3) is 0 Å².